The third kappa shape index (κ3) is 4.17. The first kappa shape index (κ1) is 19.2. The third-order valence-corrected chi connectivity index (χ3v) is 5.46. The van der Waals surface area contributed by atoms with Crippen molar-refractivity contribution in [3.63, 3.8) is 0 Å². The molecule has 2 N–H and O–H groups in total. The predicted octanol–water partition coefficient (Wildman–Crippen LogP) is 4.74. The van der Waals surface area contributed by atoms with E-state index < -0.39 is 0 Å². The summed E-state index contributed by atoms with van der Waals surface area (Å²) in [4.78, 5) is 24.5. The Morgan fingerprint density at radius 2 is 1.69 bits per heavy atom. The van der Waals surface area contributed by atoms with Gasteiger partial charge in [0.25, 0.3) is 5.91 Å². The van der Waals surface area contributed by atoms with Gasteiger partial charge in [-0.2, -0.15) is 5.10 Å². The molecule has 3 aromatic rings. The summed E-state index contributed by atoms with van der Waals surface area (Å²) in [7, 11) is 0. The van der Waals surface area contributed by atoms with Gasteiger partial charge in [0.1, 0.15) is 0 Å². The van der Waals surface area contributed by atoms with E-state index in [1.165, 1.54) is 0 Å². The van der Waals surface area contributed by atoms with Crippen LogP contribution in [-0.4, -0.2) is 21.6 Å². The van der Waals surface area contributed by atoms with Crippen LogP contribution in [0.4, 0.5) is 11.4 Å². The van der Waals surface area contributed by atoms with Gasteiger partial charge in [-0.3, -0.25) is 9.59 Å². The Kier molecular flexibility index (Phi) is 5.11. The van der Waals surface area contributed by atoms with Gasteiger partial charge in [0.05, 0.1) is 22.1 Å². The lowest BCUT2D eigenvalue weighted by atomic mass is 10.2. The summed E-state index contributed by atoms with van der Waals surface area (Å²) in [5.41, 5.74) is 4.27. The number of carbonyl (C=O) groups is 2. The number of nitrogens with zero attached hydrogens (tertiary/aromatic N) is 2. The van der Waals surface area contributed by atoms with Crippen molar-refractivity contribution in [2.24, 2.45) is 5.92 Å². The van der Waals surface area contributed by atoms with Gasteiger partial charge in [0.15, 0.2) is 0 Å². The first-order valence-corrected chi connectivity index (χ1v) is 9.84. The summed E-state index contributed by atoms with van der Waals surface area (Å²) < 4.78 is 1.76. The minimum absolute atomic E-state index is 0.0355. The highest BCUT2D eigenvalue weighted by atomic mass is 35.5. The van der Waals surface area contributed by atoms with Gasteiger partial charge in [-0.05, 0) is 69.2 Å². The second-order valence-corrected chi connectivity index (χ2v) is 7.62. The fourth-order valence-electron chi connectivity index (χ4n) is 3.10. The Bertz CT molecular complexity index is 1080. The van der Waals surface area contributed by atoms with Crippen molar-refractivity contribution in [2.75, 3.05) is 10.6 Å². The Morgan fingerprint density at radius 1 is 1.03 bits per heavy atom. The molecule has 0 aliphatic heterocycles. The van der Waals surface area contributed by atoms with E-state index in [2.05, 4.69) is 15.7 Å². The van der Waals surface area contributed by atoms with Gasteiger partial charge >= 0.3 is 0 Å². The average molecular weight is 409 g/mol. The quantitative estimate of drug-likeness (QED) is 0.640. The molecular weight excluding hydrogens is 388 g/mol. The lowest BCUT2D eigenvalue weighted by Crippen LogP contribution is -2.14. The van der Waals surface area contributed by atoms with E-state index in [0.29, 0.717) is 22.0 Å². The number of rotatable bonds is 5. The van der Waals surface area contributed by atoms with Crippen LogP contribution in [0, 0.1) is 19.8 Å². The minimum atomic E-state index is -0.228. The Balaban J connectivity index is 1.46. The van der Waals surface area contributed by atoms with Crippen LogP contribution in [-0.2, 0) is 4.79 Å². The first-order chi connectivity index (χ1) is 13.9. The third-order valence-electron chi connectivity index (χ3n) is 4.91. The zero-order valence-corrected chi connectivity index (χ0v) is 17.0. The van der Waals surface area contributed by atoms with Crippen LogP contribution in [0.3, 0.4) is 0 Å². The van der Waals surface area contributed by atoms with Gasteiger partial charge < -0.3 is 10.6 Å². The molecule has 6 nitrogen and oxygen atoms in total. The van der Waals surface area contributed by atoms with Crippen molar-refractivity contribution in [1.82, 2.24) is 9.78 Å². The summed E-state index contributed by atoms with van der Waals surface area (Å²) in [6.07, 6.45) is 1.89. The Labute approximate surface area is 173 Å². The molecule has 2 aromatic carbocycles. The standard InChI is InChI=1S/C22H21ClN4O2/c1-13-20(23)14(2)27(26-13)19-10-8-16(9-11-19)22(29)25-18-5-3-4-17(12-18)24-21(28)15-6-7-15/h3-5,8-12,15H,6-7H2,1-2H3,(H,24,28)(H,25,29). The molecule has 0 saturated heterocycles. The van der Waals surface area contributed by atoms with Crippen LogP contribution in [0.5, 0.6) is 0 Å². The fourth-order valence-corrected chi connectivity index (χ4v) is 3.21. The first-order valence-electron chi connectivity index (χ1n) is 9.47. The number of carbonyl (C=O) groups excluding carboxylic acids is 2. The van der Waals surface area contributed by atoms with Crippen molar-refractivity contribution in [3.8, 4) is 5.69 Å². The fraction of sp³-hybridized carbons (Fsp3) is 0.227. The highest BCUT2D eigenvalue weighted by molar-refractivity contribution is 6.31. The number of nitrogens with one attached hydrogen (secondary N) is 2. The molecule has 0 atom stereocenters. The summed E-state index contributed by atoms with van der Waals surface area (Å²) in [5.74, 6) is -0.0641. The number of amides is 2. The Morgan fingerprint density at radius 3 is 2.28 bits per heavy atom. The maximum atomic E-state index is 12.6. The van der Waals surface area contributed by atoms with E-state index in [9.17, 15) is 9.59 Å². The molecule has 0 bridgehead atoms. The van der Waals surface area contributed by atoms with Crippen molar-refractivity contribution in [1.29, 1.82) is 0 Å². The van der Waals surface area contributed by atoms with Crippen LogP contribution in [0.1, 0.15) is 34.6 Å². The molecule has 148 valence electrons. The molecule has 7 heteroatoms. The SMILES string of the molecule is Cc1nn(-c2ccc(C(=O)Nc3cccc(NC(=O)C4CC4)c3)cc2)c(C)c1Cl. The van der Waals surface area contributed by atoms with Crippen molar-refractivity contribution in [3.05, 3.63) is 70.5 Å². The highest BCUT2D eigenvalue weighted by Gasteiger charge is 2.29. The summed E-state index contributed by atoms with van der Waals surface area (Å²) in [6.45, 7) is 3.76. The number of halogens is 1. The van der Waals surface area contributed by atoms with Crippen LogP contribution >= 0.6 is 11.6 Å². The molecule has 0 unspecified atom stereocenters. The normalized spacial score (nSPS) is 13.2. The summed E-state index contributed by atoms with van der Waals surface area (Å²) >= 11 is 6.21. The number of benzene rings is 2. The lowest BCUT2D eigenvalue weighted by Gasteiger charge is -2.09. The van der Waals surface area contributed by atoms with Crippen molar-refractivity contribution in [2.45, 2.75) is 26.7 Å². The number of aryl methyl sites for hydroxylation is 1. The average Bonchev–Trinajstić information content (AvgIpc) is 3.53. The van der Waals surface area contributed by atoms with Crippen LogP contribution in [0.15, 0.2) is 48.5 Å². The molecule has 1 fully saturated rings. The lowest BCUT2D eigenvalue weighted by molar-refractivity contribution is -0.117. The van der Waals surface area contributed by atoms with Crippen LogP contribution in [0.25, 0.3) is 5.69 Å². The van der Waals surface area contributed by atoms with E-state index >= 15 is 0 Å². The molecule has 1 saturated carbocycles. The molecule has 1 aliphatic rings. The van der Waals surface area contributed by atoms with Gasteiger partial charge in [0, 0.05) is 22.9 Å². The smallest absolute Gasteiger partial charge is 0.255 e. The van der Waals surface area contributed by atoms with Gasteiger partial charge in [-0.25, -0.2) is 4.68 Å². The molecule has 1 aliphatic carbocycles. The van der Waals surface area contributed by atoms with Crippen molar-refractivity contribution >= 4 is 34.8 Å². The summed E-state index contributed by atoms with van der Waals surface area (Å²) in [5, 5.41) is 10.8. The molecule has 1 aromatic heterocycles. The topological polar surface area (TPSA) is 76.0 Å². The number of hydrogen-bond acceptors (Lipinski definition) is 3. The molecular formula is C22H21ClN4O2. The summed E-state index contributed by atoms with van der Waals surface area (Å²) in [6, 6.07) is 14.3. The molecule has 0 spiro atoms. The van der Waals surface area contributed by atoms with E-state index in [1.54, 1.807) is 35.0 Å². The van der Waals surface area contributed by atoms with E-state index in [4.69, 9.17) is 11.6 Å². The van der Waals surface area contributed by atoms with Gasteiger partial charge in [-0.1, -0.05) is 17.7 Å². The van der Waals surface area contributed by atoms with E-state index in [1.807, 2.05) is 32.0 Å². The minimum Gasteiger partial charge on any atom is -0.326 e. The second-order valence-electron chi connectivity index (χ2n) is 7.24. The molecule has 0 radical (unpaired) electrons. The van der Waals surface area contributed by atoms with E-state index in [0.717, 1.165) is 29.9 Å². The van der Waals surface area contributed by atoms with Crippen LogP contribution < -0.4 is 10.6 Å². The number of aromatic nitrogens is 2. The van der Waals surface area contributed by atoms with Gasteiger partial charge in [-0.15, -0.1) is 0 Å². The maximum Gasteiger partial charge on any atom is 0.255 e. The molecule has 2 amide bonds. The van der Waals surface area contributed by atoms with Crippen LogP contribution in [0.2, 0.25) is 5.02 Å². The highest BCUT2D eigenvalue weighted by Crippen LogP contribution is 2.30. The largest absolute Gasteiger partial charge is 0.326 e. The zero-order chi connectivity index (χ0) is 20.5. The molecule has 29 heavy (non-hydrogen) atoms. The second kappa shape index (κ2) is 7.72. The van der Waals surface area contributed by atoms with Gasteiger partial charge in [0.2, 0.25) is 5.91 Å². The maximum absolute atomic E-state index is 12.6. The molecule has 1 heterocycles. The zero-order valence-electron chi connectivity index (χ0n) is 16.2. The number of anilines is 2. The Hall–Kier alpha value is -3.12. The van der Waals surface area contributed by atoms with Crippen molar-refractivity contribution < 1.29 is 9.59 Å². The monoisotopic (exact) mass is 408 g/mol. The molecule has 4 rings (SSSR count). The predicted molar refractivity (Wildman–Crippen MR) is 114 cm³/mol. The van der Waals surface area contributed by atoms with E-state index in [-0.39, 0.29) is 17.7 Å². The number of hydrogen-bond donors (Lipinski definition) is 2.